The third kappa shape index (κ3) is 7.77. The molecule has 1 fully saturated rings. The van der Waals surface area contributed by atoms with Crippen LogP contribution in [-0.2, 0) is 17.3 Å². The number of nitrogens with one attached hydrogen (secondary N) is 2. The van der Waals surface area contributed by atoms with E-state index in [0.717, 1.165) is 55.3 Å². The van der Waals surface area contributed by atoms with Crippen LogP contribution in [0.2, 0.25) is 5.02 Å². The van der Waals surface area contributed by atoms with Crippen molar-refractivity contribution in [2.24, 2.45) is 4.99 Å². The molecule has 0 saturated heterocycles. The standard InChI is InChI=1S/C19H30ClN3O2S.HI/c1-4-21-19(22-13-14-9-10-15(20)11-18(14)25-3)23-16-7-6-8-17(12-16)26(24)5-2;/h9-11,16-17H,4-8,12-13H2,1-3H3,(H2,21,22,23);1H. The topological polar surface area (TPSA) is 62.7 Å². The van der Waals surface area contributed by atoms with E-state index < -0.39 is 10.8 Å². The lowest BCUT2D eigenvalue weighted by Gasteiger charge is -2.30. The fourth-order valence-electron chi connectivity index (χ4n) is 3.28. The number of benzene rings is 1. The number of halogens is 2. The second kappa shape index (κ2) is 12.8. The molecule has 1 aliphatic rings. The summed E-state index contributed by atoms with van der Waals surface area (Å²) in [6.07, 6.45) is 4.20. The van der Waals surface area contributed by atoms with E-state index in [1.54, 1.807) is 13.2 Å². The Bertz CT molecular complexity index is 645. The summed E-state index contributed by atoms with van der Waals surface area (Å²) in [5.74, 6) is 2.27. The molecule has 0 amide bonds. The molecule has 1 saturated carbocycles. The quantitative estimate of drug-likeness (QED) is 0.318. The van der Waals surface area contributed by atoms with Crippen molar-refractivity contribution < 1.29 is 8.95 Å². The van der Waals surface area contributed by atoms with Crippen LogP contribution in [0.15, 0.2) is 23.2 Å². The first-order valence-corrected chi connectivity index (χ1v) is 11.1. The average molecular weight is 528 g/mol. The number of aliphatic imine (C=N–C) groups is 1. The van der Waals surface area contributed by atoms with E-state index >= 15 is 0 Å². The van der Waals surface area contributed by atoms with Crippen LogP contribution in [0.1, 0.15) is 45.1 Å². The normalized spacial score (nSPS) is 21.1. The second-order valence-electron chi connectivity index (χ2n) is 6.45. The molecule has 0 heterocycles. The highest BCUT2D eigenvalue weighted by atomic mass is 127. The van der Waals surface area contributed by atoms with Crippen LogP contribution in [-0.4, -0.2) is 40.9 Å². The smallest absolute Gasteiger partial charge is 0.191 e. The van der Waals surface area contributed by atoms with E-state index in [4.69, 9.17) is 21.3 Å². The van der Waals surface area contributed by atoms with Crippen LogP contribution < -0.4 is 15.4 Å². The molecular formula is C19H31ClIN3O2S. The monoisotopic (exact) mass is 527 g/mol. The summed E-state index contributed by atoms with van der Waals surface area (Å²) in [6, 6.07) is 5.91. The number of methoxy groups -OCH3 is 1. The molecule has 154 valence electrons. The van der Waals surface area contributed by atoms with Gasteiger partial charge < -0.3 is 15.4 Å². The molecule has 5 nitrogen and oxygen atoms in total. The van der Waals surface area contributed by atoms with Gasteiger partial charge in [-0.2, -0.15) is 0 Å². The Hall–Kier alpha value is -0.540. The number of rotatable bonds is 7. The molecule has 1 aromatic carbocycles. The summed E-state index contributed by atoms with van der Waals surface area (Å²) in [7, 11) is 0.915. The number of guanidine groups is 1. The van der Waals surface area contributed by atoms with Crippen molar-refractivity contribution in [2.45, 2.75) is 57.4 Å². The van der Waals surface area contributed by atoms with E-state index in [9.17, 15) is 4.21 Å². The minimum Gasteiger partial charge on any atom is -0.496 e. The maximum atomic E-state index is 12.1. The van der Waals surface area contributed by atoms with Gasteiger partial charge in [0.1, 0.15) is 5.75 Å². The third-order valence-corrected chi connectivity index (χ3v) is 6.60. The highest BCUT2D eigenvalue weighted by molar-refractivity contribution is 14.0. The maximum Gasteiger partial charge on any atom is 0.191 e. The lowest BCUT2D eigenvalue weighted by atomic mass is 9.95. The molecule has 27 heavy (non-hydrogen) atoms. The van der Waals surface area contributed by atoms with Crippen molar-refractivity contribution in [3.63, 3.8) is 0 Å². The zero-order chi connectivity index (χ0) is 18.9. The van der Waals surface area contributed by atoms with Crippen molar-refractivity contribution in [3.05, 3.63) is 28.8 Å². The van der Waals surface area contributed by atoms with Gasteiger partial charge >= 0.3 is 0 Å². The molecule has 1 aromatic rings. The SMILES string of the molecule is CCNC(=NCc1ccc(Cl)cc1OC)NC1CCCC(S(=O)CC)C1.I. The Morgan fingerprint density at radius 2 is 2.15 bits per heavy atom. The van der Waals surface area contributed by atoms with E-state index in [2.05, 4.69) is 17.6 Å². The van der Waals surface area contributed by atoms with Gasteiger partial charge in [-0.05, 0) is 38.3 Å². The summed E-state index contributed by atoms with van der Waals surface area (Å²) in [6.45, 7) is 5.35. The summed E-state index contributed by atoms with van der Waals surface area (Å²) >= 11 is 6.02. The zero-order valence-electron chi connectivity index (χ0n) is 16.3. The van der Waals surface area contributed by atoms with Crippen molar-refractivity contribution >= 4 is 52.3 Å². The largest absolute Gasteiger partial charge is 0.496 e. The first-order valence-electron chi connectivity index (χ1n) is 9.31. The Labute approximate surface area is 187 Å². The average Bonchev–Trinajstić information content (AvgIpc) is 2.66. The molecule has 2 rings (SSSR count). The van der Waals surface area contributed by atoms with Gasteiger partial charge in [0.05, 0.1) is 13.7 Å². The minimum absolute atomic E-state index is 0. The summed E-state index contributed by atoms with van der Waals surface area (Å²) in [5.41, 5.74) is 0.989. The van der Waals surface area contributed by atoms with Crippen LogP contribution in [0.5, 0.6) is 5.75 Å². The number of hydrogen-bond acceptors (Lipinski definition) is 3. The summed E-state index contributed by atoms with van der Waals surface area (Å²) < 4.78 is 17.5. The highest BCUT2D eigenvalue weighted by Crippen LogP contribution is 2.24. The van der Waals surface area contributed by atoms with Gasteiger partial charge in [0, 0.05) is 45.0 Å². The Morgan fingerprint density at radius 3 is 2.81 bits per heavy atom. The van der Waals surface area contributed by atoms with Crippen molar-refractivity contribution in [2.75, 3.05) is 19.4 Å². The molecule has 0 radical (unpaired) electrons. The van der Waals surface area contributed by atoms with E-state index in [1.807, 2.05) is 19.1 Å². The lowest BCUT2D eigenvalue weighted by Crippen LogP contribution is -2.46. The Kier molecular flexibility index (Phi) is 11.6. The molecular weight excluding hydrogens is 497 g/mol. The molecule has 3 atom stereocenters. The van der Waals surface area contributed by atoms with Crippen LogP contribution in [0.3, 0.4) is 0 Å². The zero-order valence-corrected chi connectivity index (χ0v) is 20.2. The summed E-state index contributed by atoms with van der Waals surface area (Å²) in [4.78, 5) is 4.70. The highest BCUT2D eigenvalue weighted by Gasteiger charge is 2.26. The van der Waals surface area contributed by atoms with E-state index in [-0.39, 0.29) is 24.0 Å². The number of hydrogen-bond donors (Lipinski definition) is 2. The molecule has 0 aromatic heterocycles. The second-order valence-corrected chi connectivity index (χ2v) is 8.89. The minimum atomic E-state index is -0.722. The predicted molar refractivity (Wildman–Crippen MR) is 126 cm³/mol. The van der Waals surface area contributed by atoms with Gasteiger partial charge in [-0.25, -0.2) is 4.99 Å². The molecule has 0 aliphatic heterocycles. The van der Waals surface area contributed by atoms with Crippen molar-refractivity contribution in [1.29, 1.82) is 0 Å². The lowest BCUT2D eigenvalue weighted by molar-refractivity contribution is 0.409. The maximum absolute atomic E-state index is 12.1. The molecule has 1 aliphatic carbocycles. The number of nitrogens with zero attached hydrogens (tertiary/aromatic N) is 1. The van der Waals surface area contributed by atoms with E-state index in [0.29, 0.717) is 22.9 Å². The van der Waals surface area contributed by atoms with Gasteiger partial charge in [-0.15, -0.1) is 24.0 Å². The molecule has 8 heteroatoms. The van der Waals surface area contributed by atoms with Crippen molar-refractivity contribution in [3.8, 4) is 5.75 Å². The van der Waals surface area contributed by atoms with Crippen LogP contribution in [0, 0.1) is 0 Å². The van der Waals surface area contributed by atoms with Gasteiger partial charge in [-0.1, -0.05) is 31.0 Å². The molecule has 2 N–H and O–H groups in total. The molecule has 0 spiro atoms. The third-order valence-electron chi connectivity index (χ3n) is 4.62. The van der Waals surface area contributed by atoms with E-state index in [1.165, 1.54) is 0 Å². The fourth-order valence-corrected chi connectivity index (χ4v) is 4.79. The first kappa shape index (κ1) is 24.5. The Morgan fingerprint density at radius 1 is 1.37 bits per heavy atom. The van der Waals surface area contributed by atoms with Gasteiger partial charge in [0.15, 0.2) is 5.96 Å². The van der Waals surface area contributed by atoms with Crippen molar-refractivity contribution in [1.82, 2.24) is 10.6 Å². The first-order chi connectivity index (χ1) is 12.6. The molecule has 0 bridgehead atoms. The van der Waals surface area contributed by atoms with Gasteiger partial charge in [0.25, 0.3) is 0 Å². The van der Waals surface area contributed by atoms with Gasteiger partial charge in [-0.3, -0.25) is 4.21 Å². The van der Waals surface area contributed by atoms with Crippen LogP contribution >= 0.6 is 35.6 Å². The van der Waals surface area contributed by atoms with Crippen LogP contribution in [0.25, 0.3) is 0 Å². The Balaban J connectivity index is 0.00000364. The van der Waals surface area contributed by atoms with Gasteiger partial charge in [0.2, 0.25) is 0 Å². The molecule has 3 unspecified atom stereocenters. The predicted octanol–water partition coefficient (Wildman–Crippen LogP) is 4.10. The van der Waals surface area contributed by atoms with Crippen LogP contribution in [0.4, 0.5) is 0 Å². The summed E-state index contributed by atoms with van der Waals surface area (Å²) in [5, 5.41) is 7.77. The fraction of sp³-hybridized carbons (Fsp3) is 0.632. The number of ether oxygens (including phenoxy) is 1.